The lowest BCUT2D eigenvalue weighted by atomic mass is 10.0. The molecule has 1 saturated heterocycles. The molecule has 0 unspecified atom stereocenters. The van der Waals surface area contributed by atoms with Crippen LogP contribution in [0.4, 0.5) is 17.3 Å². The molecule has 1 fully saturated rings. The van der Waals surface area contributed by atoms with Gasteiger partial charge in [-0.2, -0.15) is 4.98 Å². The van der Waals surface area contributed by atoms with Crippen LogP contribution in [0, 0.1) is 6.92 Å². The number of piperazine rings is 1. The van der Waals surface area contributed by atoms with Crippen LogP contribution < -0.4 is 10.2 Å². The maximum atomic E-state index is 11.7. The Morgan fingerprint density at radius 3 is 2.68 bits per heavy atom. The second-order valence-electron chi connectivity index (χ2n) is 8.28. The number of rotatable bonds is 4. The normalized spacial score (nSPS) is 16.0. The number of nitrogens with zero attached hydrogens (tertiary/aromatic N) is 5. The van der Waals surface area contributed by atoms with Crippen molar-refractivity contribution in [2.75, 3.05) is 43.4 Å². The first-order valence-corrected chi connectivity index (χ1v) is 10.9. The average molecular weight is 437 g/mol. The third-order valence-electron chi connectivity index (χ3n) is 6.23. The monoisotopic (exact) mass is 436 g/mol. The number of hydrogen-bond donors (Lipinski definition) is 1. The molecule has 0 saturated carbocycles. The molecule has 1 N–H and O–H groups in total. The molecule has 1 aromatic carbocycles. The number of fused-ring (bicyclic) bond motifs is 3. The van der Waals surface area contributed by atoms with Crippen molar-refractivity contribution in [3.8, 4) is 5.82 Å². The summed E-state index contributed by atoms with van der Waals surface area (Å²) in [4.78, 5) is 25.8. The summed E-state index contributed by atoms with van der Waals surface area (Å²) >= 11 is 5.74. The summed E-state index contributed by atoms with van der Waals surface area (Å²) in [6.45, 7) is 6.36. The first kappa shape index (κ1) is 20.0. The lowest BCUT2D eigenvalue weighted by Gasteiger charge is -2.34. The van der Waals surface area contributed by atoms with Gasteiger partial charge in [-0.3, -0.25) is 4.79 Å². The molecular weight excluding hydrogens is 412 g/mol. The molecule has 0 aliphatic carbocycles. The summed E-state index contributed by atoms with van der Waals surface area (Å²) in [5.74, 6) is 1.34. The second kappa shape index (κ2) is 7.98. The summed E-state index contributed by atoms with van der Waals surface area (Å²) in [7, 11) is 2.17. The van der Waals surface area contributed by atoms with Gasteiger partial charge in [-0.25, -0.2) is 4.98 Å². The SMILES string of the molecule is Cc1cc(N2CCN(C)CC2)ccc1Nc1ncc2c(n1)-n1ccc(C(=O)Cl)c1CC2. The minimum Gasteiger partial charge on any atom is -0.369 e. The van der Waals surface area contributed by atoms with Crippen molar-refractivity contribution < 1.29 is 4.79 Å². The third kappa shape index (κ3) is 3.79. The van der Waals surface area contributed by atoms with Crippen LogP contribution in [0.2, 0.25) is 0 Å². The van der Waals surface area contributed by atoms with Crippen LogP contribution in [0.15, 0.2) is 36.7 Å². The van der Waals surface area contributed by atoms with Crippen LogP contribution in [-0.2, 0) is 12.8 Å². The van der Waals surface area contributed by atoms with Gasteiger partial charge in [0, 0.05) is 61.2 Å². The molecule has 7 nitrogen and oxygen atoms in total. The number of benzene rings is 1. The molecule has 0 radical (unpaired) electrons. The molecule has 0 bridgehead atoms. The van der Waals surface area contributed by atoms with E-state index in [0.29, 0.717) is 11.5 Å². The molecule has 160 valence electrons. The molecule has 8 heteroatoms. The molecule has 0 amide bonds. The van der Waals surface area contributed by atoms with E-state index in [0.717, 1.165) is 67.3 Å². The predicted octanol–water partition coefficient (Wildman–Crippen LogP) is 3.55. The number of hydrogen-bond acceptors (Lipinski definition) is 6. The van der Waals surface area contributed by atoms with Crippen LogP contribution in [0.3, 0.4) is 0 Å². The zero-order valence-corrected chi connectivity index (χ0v) is 18.5. The highest BCUT2D eigenvalue weighted by atomic mass is 35.5. The van der Waals surface area contributed by atoms with Gasteiger partial charge >= 0.3 is 0 Å². The number of aryl methyl sites for hydroxylation is 2. The molecule has 4 heterocycles. The van der Waals surface area contributed by atoms with Crippen molar-refractivity contribution in [2.45, 2.75) is 19.8 Å². The molecular formula is C23H25ClN6O. The fourth-order valence-corrected chi connectivity index (χ4v) is 4.54. The van der Waals surface area contributed by atoms with Gasteiger partial charge in [0.2, 0.25) is 5.95 Å². The van der Waals surface area contributed by atoms with Gasteiger partial charge in [-0.05, 0) is 68.2 Å². The van der Waals surface area contributed by atoms with E-state index >= 15 is 0 Å². The van der Waals surface area contributed by atoms with E-state index in [1.165, 1.54) is 5.69 Å². The lowest BCUT2D eigenvalue weighted by molar-refractivity contribution is 0.108. The number of halogens is 1. The first-order valence-electron chi connectivity index (χ1n) is 10.6. The van der Waals surface area contributed by atoms with Crippen molar-refractivity contribution in [1.29, 1.82) is 0 Å². The Bertz CT molecular complexity index is 1150. The smallest absolute Gasteiger partial charge is 0.254 e. The first-order chi connectivity index (χ1) is 15.0. The minimum atomic E-state index is -0.430. The average Bonchev–Trinajstić information content (AvgIpc) is 3.21. The highest BCUT2D eigenvalue weighted by molar-refractivity contribution is 6.67. The van der Waals surface area contributed by atoms with Crippen molar-refractivity contribution in [3.63, 3.8) is 0 Å². The molecule has 2 aliphatic rings. The molecule has 31 heavy (non-hydrogen) atoms. The van der Waals surface area contributed by atoms with E-state index in [1.807, 2.05) is 17.0 Å². The van der Waals surface area contributed by atoms with E-state index < -0.39 is 5.24 Å². The van der Waals surface area contributed by atoms with Gasteiger partial charge in [0.25, 0.3) is 5.24 Å². The van der Waals surface area contributed by atoms with Crippen molar-refractivity contribution in [2.24, 2.45) is 0 Å². The largest absolute Gasteiger partial charge is 0.369 e. The van der Waals surface area contributed by atoms with E-state index in [1.54, 1.807) is 6.07 Å². The van der Waals surface area contributed by atoms with Crippen LogP contribution in [0.25, 0.3) is 5.82 Å². The Hall–Kier alpha value is -2.90. The maximum absolute atomic E-state index is 11.7. The lowest BCUT2D eigenvalue weighted by Crippen LogP contribution is -2.44. The van der Waals surface area contributed by atoms with Crippen LogP contribution in [0.1, 0.15) is 27.2 Å². The number of carbonyl (C=O) groups excluding carboxylic acids is 1. The summed E-state index contributed by atoms with van der Waals surface area (Å²) in [5.41, 5.74) is 5.90. The number of carbonyl (C=O) groups is 1. The molecule has 0 atom stereocenters. The summed E-state index contributed by atoms with van der Waals surface area (Å²) in [5, 5.41) is 2.93. The highest BCUT2D eigenvalue weighted by Gasteiger charge is 2.23. The molecule has 5 rings (SSSR count). The van der Waals surface area contributed by atoms with Gasteiger partial charge in [0.1, 0.15) is 5.82 Å². The van der Waals surface area contributed by atoms with Crippen molar-refractivity contribution in [1.82, 2.24) is 19.4 Å². The number of anilines is 3. The van der Waals surface area contributed by atoms with Crippen LogP contribution in [-0.4, -0.2) is 57.9 Å². The summed E-state index contributed by atoms with van der Waals surface area (Å²) in [6, 6.07) is 8.23. The highest BCUT2D eigenvalue weighted by Crippen LogP contribution is 2.29. The van der Waals surface area contributed by atoms with E-state index in [4.69, 9.17) is 16.6 Å². The quantitative estimate of drug-likeness (QED) is 0.631. The van der Waals surface area contributed by atoms with Crippen LogP contribution in [0.5, 0.6) is 0 Å². The fourth-order valence-electron chi connectivity index (χ4n) is 4.36. The van der Waals surface area contributed by atoms with Crippen LogP contribution >= 0.6 is 11.6 Å². The van der Waals surface area contributed by atoms with E-state index in [-0.39, 0.29) is 0 Å². The van der Waals surface area contributed by atoms with Gasteiger partial charge in [0.05, 0.1) is 5.56 Å². The number of aromatic nitrogens is 3. The maximum Gasteiger partial charge on any atom is 0.254 e. The molecule has 2 aromatic heterocycles. The van der Waals surface area contributed by atoms with Gasteiger partial charge in [-0.15, -0.1) is 0 Å². The Balaban J connectivity index is 1.39. The van der Waals surface area contributed by atoms with Crippen molar-refractivity contribution >= 4 is 34.2 Å². The van der Waals surface area contributed by atoms with Gasteiger partial charge in [-0.1, -0.05) is 0 Å². The predicted molar refractivity (Wildman–Crippen MR) is 123 cm³/mol. The zero-order valence-electron chi connectivity index (χ0n) is 17.7. The van der Waals surface area contributed by atoms with Gasteiger partial charge in [0.15, 0.2) is 0 Å². The molecule has 0 spiro atoms. The Morgan fingerprint density at radius 2 is 1.94 bits per heavy atom. The fraction of sp³-hybridized carbons (Fsp3) is 0.348. The Labute approximate surface area is 186 Å². The zero-order chi connectivity index (χ0) is 21.5. The standard InChI is InChI=1S/C23H25ClN6O/c1-15-13-17(29-11-9-28(2)10-12-29)4-5-19(15)26-23-25-14-16-3-6-20-18(21(24)31)7-8-30(20)22(16)27-23/h4-5,7-8,13-14H,3,6,9-12H2,1-2H3,(H,25,26,27). The van der Waals surface area contributed by atoms with Crippen molar-refractivity contribution in [3.05, 3.63) is 59.0 Å². The topological polar surface area (TPSA) is 66.3 Å². The minimum absolute atomic E-state index is 0.430. The number of nitrogens with one attached hydrogen (secondary N) is 1. The van der Waals surface area contributed by atoms with Gasteiger partial charge < -0.3 is 19.7 Å². The summed E-state index contributed by atoms with van der Waals surface area (Å²) < 4.78 is 1.95. The van der Waals surface area contributed by atoms with E-state index in [2.05, 4.69) is 52.3 Å². The second-order valence-corrected chi connectivity index (χ2v) is 8.62. The molecule has 3 aromatic rings. The third-order valence-corrected chi connectivity index (χ3v) is 6.43. The number of likely N-dealkylation sites (N-methyl/N-ethyl adjacent to an activating group) is 1. The Kier molecular flexibility index (Phi) is 5.16. The molecule has 2 aliphatic heterocycles. The van der Waals surface area contributed by atoms with E-state index in [9.17, 15) is 4.79 Å². The summed E-state index contributed by atoms with van der Waals surface area (Å²) in [6.07, 6.45) is 5.26. The Morgan fingerprint density at radius 1 is 1.13 bits per heavy atom.